The number of halogens is 1. The van der Waals surface area contributed by atoms with Gasteiger partial charge in [0.05, 0.1) is 17.1 Å². The summed E-state index contributed by atoms with van der Waals surface area (Å²) < 4.78 is 0. The molecule has 124 valence electrons. The van der Waals surface area contributed by atoms with E-state index in [4.69, 9.17) is 5.73 Å². The van der Waals surface area contributed by atoms with Crippen LogP contribution in [0.5, 0.6) is 11.5 Å². The van der Waals surface area contributed by atoms with Crippen molar-refractivity contribution in [3.63, 3.8) is 0 Å². The van der Waals surface area contributed by atoms with Crippen molar-refractivity contribution in [1.29, 1.82) is 0 Å². The summed E-state index contributed by atoms with van der Waals surface area (Å²) in [5.74, 6) is -1.47. The Bertz CT molecular complexity index is 681. The zero-order chi connectivity index (χ0) is 16.3. The third kappa shape index (κ3) is 4.32. The first-order valence-corrected chi connectivity index (χ1v) is 6.58. The maximum absolute atomic E-state index is 10.8. The summed E-state index contributed by atoms with van der Waals surface area (Å²) in [6, 6.07) is 10.4. The fourth-order valence-electron chi connectivity index (χ4n) is 2.16. The molecule has 2 aromatic rings. The standard InChI is InChI=1S/C15H16N2O5.ClH/c16-14(12(18)6-9-4-2-1-3-5-9)10-7-11(17(21)22)15(20)13(19)8-10;/h1-5,7-8,12,14,18-20H,6,16H2;1H/t12-,14+;/m1./s1. The molecule has 2 rings (SSSR count). The van der Waals surface area contributed by atoms with Crippen molar-refractivity contribution in [3.05, 3.63) is 63.7 Å². The number of aromatic hydroxyl groups is 2. The first-order chi connectivity index (χ1) is 10.4. The highest BCUT2D eigenvalue weighted by Crippen LogP contribution is 2.38. The number of nitrogens with two attached hydrogens (primary N) is 1. The Kier molecular flexibility index (Phi) is 6.32. The third-order valence-corrected chi connectivity index (χ3v) is 3.38. The number of hydrogen-bond donors (Lipinski definition) is 4. The van der Waals surface area contributed by atoms with E-state index in [1.54, 1.807) is 0 Å². The van der Waals surface area contributed by atoms with Gasteiger partial charge in [-0.05, 0) is 17.2 Å². The summed E-state index contributed by atoms with van der Waals surface area (Å²) in [4.78, 5) is 10.0. The summed E-state index contributed by atoms with van der Waals surface area (Å²) >= 11 is 0. The van der Waals surface area contributed by atoms with Gasteiger partial charge in [0, 0.05) is 12.5 Å². The molecule has 0 amide bonds. The fraction of sp³-hybridized carbons (Fsp3) is 0.200. The van der Waals surface area contributed by atoms with Gasteiger partial charge >= 0.3 is 5.69 Å². The van der Waals surface area contributed by atoms with E-state index in [0.717, 1.165) is 17.7 Å². The van der Waals surface area contributed by atoms with Crippen LogP contribution in [0.2, 0.25) is 0 Å². The third-order valence-electron chi connectivity index (χ3n) is 3.38. The van der Waals surface area contributed by atoms with Gasteiger partial charge in [0.2, 0.25) is 5.75 Å². The Morgan fingerprint density at radius 3 is 2.35 bits per heavy atom. The summed E-state index contributed by atoms with van der Waals surface area (Å²) in [6.45, 7) is 0. The predicted molar refractivity (Wildman–Crippen MR) is 86.8 cm³/mol. The van der Waals surface area contributed by atoms with Crippen molar-refractivity contribution in [3.8, 4) is 11.5 Å². The summed E-state index contributed by atoms with van der Waals surface area (Å²) in [5.41, 5.74) is 6.29. The molecule has 5 N–H and O–H groups in total. The number of aliphatic hydroxyl groups is 1. The monoisotopic (exact) mass is 340 g/mol. The first-order valence-electron chi connectivity index (χ1n) is 6.58. The molecule has 23 heavy (non-hydrogen) atoms. The molecule has 0 aliphatic heterocycles. The molecular weight excluding hydrogens is 324 g/mol. The lowest BCUT2D eigenvalue weighted by molar-refractivity contribution is -0.386. The Labute approximate surface area is 138 Å². The second-order valence-electron chi connectivity index (χ2n) is 4.95. The van der Waals surface area contributed by atoms with Crippen molar-refractivity contribution in [1.82, 2.24) is 0 Å². The highest BCUT2D eigenvalue weighted by molar-refractivity contribution is 5.85. The zero-order valence-corrected chi connectivity index (χ0v) is 12.8. The normalized spacial score (nSPS) is 13.0. The van der Waals surface area contributed by atoms with E-state index >= 15 is 0 Å². The molecule has 0 aliphatic carbocycles. The van der Waals surface area contributed by atoms with E-state index in [1.165, 1.54) is 0 Å². The van der Waals surface area contributed by atoms with E-state index in [2.05, 4.69) is 0 Å². The number of rotatable bonds is 5. The van der Waals surface area contributed by atoms with Gasteiger partial charge in [-0.2, -0.15) is 0 Å². The molecule has 0 saturated heterocycles. The van der Waals surface area contributed by atoms with Crippen LogP contribution in [0.4, 0.5) is 5.69 Å². The smallest absolute Gasteiger partial charge is 0.314 e. The zero-order valence-electron chi connectivity index (χ0n) is 12.0. The van der Waals surface area contributed by atoms with Gasteiger partial charge in [-0.15, -0.1) is 12.4 Å². The van der Waals surface area contributed by atoms with Gasteiger partial charge in [0.25, 0.3) is 0 Å². The van der Waals surface area contributed by atoms with E-state index in [1.807, 2.05) is 30.3 Å². The molecule has 0 fully saturated rings. The maximum atomic E-state index is 10.8. The maximum Gasteiger partial charge on any atom is 0.314 e. The number of nitrogens with zero attached hydrogens (tertiary/aromatic N) is 1. The largest absolute Gasteiger partial charge is 0.504 e. The first kappa shape index (κ1) is 18.7. The molecule has 0 saturated carbocycles. The molecule has 0 aromatic heterocycles. The van der Waals surface area contributed by atoms with Crippen molar-refractivity contribution in [2.75, 3.05) is 0 Å². The number of hydrogen-bond acceptors (Lipinski definition) is 6. The lowest BCUT2D eigenvalue weighted by Crippen LogP contribution is -2.28. The number of aliphatic hydroxyl groups excluding tert-OH is 1. The molecule has 0 bridgehead atoms. The minimum atomic E-state index is -0.994. The minimum Gasteiger partial charge on any atom is -0.504 e. The Balaban J connectivity index is 0.00000264. The van der Waals surface area contributed by atoms with Crippen LogP contribution in [0.1, 0.15) is 17.2 Å². The average Bonchev–Trinajstić information content (AvgIpc) is 2.49. The Morgan fingerprint density at radius 1 is 1.17 bits per heavy atom. The lowest BCUT2D eigenvalue weighted by Gasteiger charge is -2.19. The molecule has 8 heteroatoms. The van der Waals surface area contributed by atoms with Crippen LogP contribution in [-0.4, -0.2) is 26.3 Å². The van der Waals surface area contributed by atoms with Gasteiger partial charge in [0.1, 0.15) is 0 Å². The number of phenols is 2. The Hall–Kier alpha value is -2.35. The molecule has 0 heterocycles. The fourth-order valence-corrected chi connectivity index (χ4v) is 2.16. The minimum absolute atomic E-state index is 0. The van der Waals surface area contributed by atoms with Crippen LogP contribution < -0.4 is 5.73 Å². The van der Waals surface area contributed by atoms with Gasteiger partial charge in [0.15, 0.2) is 5.75 Å². The summed E-state index contributed by atoms with van der Waals surface area (Å²) in [5, 5.41) is 40.0. The topological polar surface area (TPSA) is 130 Å². The molecule has 2 aromatic carbocycles. The molecule has 2 atom stereocenters. The number of benzene rings is 2. The second-order valence-corrected chi connectivity index (χ2v) is 4.95. The molecule has 0 aliphatic rings. The van der Waals surface area contributed by atoms with Crippen molar-refractivity contribution >= 4 is 18.1 Å². The number of phenolic OH excluding ortho intramolecular Hbond substituents is 2. The Morgan fingerprint density at radius 2 is 1.78 bits per heavy atom. The second kappa shape index (κ2) is 7.77. The predicted octanol–water partition coefficient (Wildman–Crippen LogP) is 2.03. The van der Waals surface area contributed by atoms with E-state index in [0.29, 0.717) is 0 Å². The van der Waals surface area contributed by atoms with Crippen LogP contribution in [0.3, 0.4) is 0 Å². The van der Waals surface area contributed by atoms with Crippen LogP contribution in [0.15, 0.2) is 42.5 Å². The highest BCUT2D eigenvalue weighted by atomic mass is 35.5. The average molecular weight is 341 g/mol. The van der Waals surface area contributed by atoms with Gasteiger partial charge in [-0.3, -0.25) is 10.1 Å². The van der Waals surface area contributed by atoms with Crippen molar-refractivity contribution < 1.29 is 20.2 Å². The van der Waals surface area contributed by atoms with Crippen molar-refractivity contribution in [2.45, 2.75) is 18.6 Å². The highest BCUT2D eigenvalue weighted by Gasteiger charge is 2.24. The molecular formula is C15H17ClN2O5. The number of nitro groups is 1. The van der Waals surface area contributed by atoms with Gasteiger partial charge in [-0.1, -0.05) is 30.3 Å². The van der Waals surface area contributed by atoms with Crippen LogP contribution in [-0.2, 0) is 6.42 Å². The van der Waals surface area contributed by atoms with Crippen LogP contribution >= 0.6 is 12.4 Å². The molecule has 0 unspecified atom stereocenters. The number of nitro benzene ring substituents is 1. The summed E-state index contributed by atoms with van der Waals surface area (Å²) in [6.07, 6.45) is -0.733. The van der Waals surface area contributed by atoms with Gasteiger partial charge in [-0.25, -0.2) is 0 Å². The van der Waals surface area contributed by atoms with E-state index < -0.39 is 34.3 Å². The molecule has 0 radical (unpaired) electrons. The lowest BCUT2D eigenvalue weighted by atomic mass is 9.96. The van der Waals surface area contributed by atoms with Crippen LogP contribution in [0, 0.1) is 10.1 Å². The van der Waals surface area contributed by atoms with E-state index in [9.17, 15) is 25.4 Å². The van der Waals surface area contributed by atoms with Crippen LogP contribution in [0.25, 0.3) is 0 Å². The summed E-state index contributed by atoms with van der Waals surface area (Å²) in [7, 11) is 0. The molecule has 0 spiro atoms. The molecule has 7 nitrogen and oxygen atoms in total. The van der Waals surface area contributed by atoms with E-state index in [-0.39, 0.29) is 24.4 Å². The quantitative estimate of drug-likeness (QED) is 0.374. The SMILES string of the molecule is Cl.N[C@@H](c1cc(O)c(O)c([N+](=O)[O-])c1)[C@H](O)Cc1ccccc1. The van der Waals surface area contributed by atoms with Gasteiger partial charge < -0.3 is 21.1 Å². The van der Waals surface area contributed by atoms with Crippen molar-refractivity contribution in [2.24, 2.45) is 5.73 Å².